The van der Waals surface area contributed by atoms with Crippen LogP contribution < -0.4 is 9.64 Å². The number of nitrogens with zero attached hydrogens (tertiary/aromatic N) is 2. The molecule has 0 saturated carbocycles. The lowest BCUT2D eigenvalue weighted by Gasteiger charge is -2.20. The van der Waals surface area contributed by atoms with E-state index in [0.29, 0.717) is 5.56 Å². The van der Waals surface area contributed by atoms with E-state index < -0.39 is 0 Å². The fourth-order valence-corrected chi connectivity index (χ4v) is 2.13. The summed E-state index contributed by atoms with van der Waals surface area (Å²) in [6.45, 7) is 1.75. The van der Waals surface area contributed by atoms with Gasteiger partial charge >= 0.3 is 0 Å². The van der Waals surface area contributed by atoms with Crippen LogP contribution in [-0.4, -0.2) is 33.4 Å². The summed E-state index contributed by atoms with van der Waals surface area (Å²) in [5, 5.41) is 9.12. The van der Waals surface area contributed by atoms with Gasteiger partial charge in [-0.3, -0.25) is 0 Å². The molecule has 0 amide bonds. The number of anilines is 1. The zero-order chi connectivity index (χ0) is 12.3. The summed E-state index contributed by atoms with van der Waals surface area (Å²) >= 11 is 0. The lowest BCUT2D eigenvalue weighted by atomic mass is 10.1. The number of nitriles is 1. The Kier molecular flexibility index (Phi) is 3.50. The standard InChI is InChI=1S/C13H16N2O2/c1-16-11-4-3-10(8-14)13(7-11)15-6-5-12(9-15)17-2/h3-4,7,12H,5-6,9H2,1-2H3. The molecule has 0 aromatic heterocycles. The number of benzene rings is 1. The van der Waals surface area contributed by atoms with E-state index in [4.69, 9.17) is 14.7 Å². The third-order valence-electron chi connectivity index (χ3n) is 3.14. The van der Waals surface area contributed by atoms with Gasteiger partial charge in [-0.2, -0.15) is 5.26 Å². The van der Waals surface area contributed by atoms with E-state index in [1.165, 1.54) is 0 Å². The van der Waals surface area contributed by atoms with Gasteiger partial charge < -0.3 is 14.4 Å². The Bertz CT molecular complexity index is 440. The van der Waals surface area contributed by atoms with Crippen LogP contribution in [0.25, 0.3) is 0 Å². The molecule has 0 bridgehead atoms. The van der Waals surface area contributed by atoms with Crippen LogP contribution in [0.2, 0.25) is 0 Å². The molecule has 1 aromatic rings. The molecule has 2 rings (SSSR count). The van der Waals surface area contributed by atoms with Gasteiger partial charge in [0.25, 0.3) is 0 Å². The Balaban J connectivity index is 2.28. The number of ether oxygens (including phenoxy) is 2. The summed E-state index contributed by atoms with van der Waals surface area (Å²) in [6.07, 6.45) is 1.26. The molecule has 1 fully saturated rings. The highest BCUT2D eigenvalue weighted by molar-refractivity contribution is 5.62. The molecule has 17 heavy (non-hydrogen) atoms. The summed E-state index contributed by atoms with van der Waals surface area (Å²) < 4.78 is 10.5. The van der Waals surface area contributed by atoms with Gasteiger partial charge in [-0.05, 0) is 18.6 Å². The highest BCUT2D eigenvalue weighted by atomic mass is 16.5. The SMILES string of the molecule is COc1ccc(C#N)c(N2CCC(OC)C2)c1. The minimum Gasteiger partial charge on any atom is -0.497 e. The lowest BCUT2D eigenvalue weighted by Crippen LogP contribution is -2.23. The molecule has 4 heteroatoms. The van der Waals surface area contributed by atoms with E-state index in [0.717, 1.165) is 30.9 Å². The molecule has 4 nitrogen and oxygen atoms in total. The van der Waals surface area contributed by atoms with E-state index in [1.807, 2.05) is 12.1 Å². The second-order valence-electron chi connectivity index (χ2n) is 4.09. The monoisotopic (exact) mass is 232 g/mol. The summed E-state index contributed by atoms with van der Waals surface area (Å²) in [5.41, 5.74) is 1.62. The maximum atomic E-state index is 9.12. The summed E-state index contributed by atoms with van der Waals surface area (Å²) in [5.74, 6) is 0.778. The van der Waals surface area contributed by atoms with Crippen molar-refractivity contribution in [1.29, 1.82) is 5.26 Å². The van der Waals surface area contributed by atoms with Gasteiger partial charge in [-0.25, -0.2) is 0 Å². The van der Waals surface area contributed by atoms with Crippen LogP contribution in [0, 0.1) is 11.3 Å². The van der Waals surface area contributed by atoms with Crippen LogP contribution in [0.5, 0.6) is 5.75 Å². The van der Waals surface area contributed by atoms with Gasteiger partial charge in [0.15, 0.2) is 0 Å². The molecule has 0 radical (unpaired) electrons. The molecule has 90 valence electrons. The smallest absolute Gasteiger partial charge is 0.121 e. The normalized spacial score (nSPS) is 19.1. The van der Waals surface area contributed by atoms with E-state index in [9.17, 15) is 0 Å². The van der Waals surface area contributed by atoms with Crippen molar-refractivity contribution in [3.05, 3.63) is 23.8 Å². The first-order valence-electron chi connectivity index (χ1n) is 5.64. The van der Waals surface area contributed by atoms with Crippen molar-refractivity contribution in [3.8, 4) is 11.8 Å². The number of rotatable bonds is 3. The van der Waals surface area contributed by atoms with Crippen molar-refractivity contribution in [2.24, 2.45) is 0 Å². The predicted octanol–water partition coefficient (Wildman–Crippen LogP) is 1.79. The predicted molar refractivity (Wildman–Crippen MR) is 65.3 cm³/mol. The first kappa shape index (κ1) is 11.7. The Morgan fingerprint density at radius 1 is 1.41 bits per heavy atom. The van der Waals surface area contributed by atoms with Gasteiger partial charge in [0, 0.05) is 26.3 Å². The van der Waals surface area contributed by atoms with Crippen LogP contribution in [0.15, 0.2) is 18.2 Å². The largest absolute Gasteiger partial charge is 0.497 e. The number of hydrogen-bond donors (Lipinski definition) is 0. The molecule has 0 spiro atoms. The van der Waals surface area contributed by atoms with Crippen LogP contribution in [0.1, 0.15) is 12.0 Å². The average molecular weight is 232 g/mol. The van der Waals surface area contributed by atoms with Crippen molar-refractivity contribution in [1.82, 2.24) is 0 Å². The Hall–Kier alpha value is -1.73. The van der Waals surface area contributed by atoms with Crippen LogP contribution in [0.3, 0.4) is 0 Å². The fourth-order valence-electron chi connectivity index (χ4n) is 2.13. The number of methoxy groups -OCH3 is 2. The van der Waals surface area contributed by atoms with Crippen molar-refractivity contribution in [3.63, 3.8) is 0 Å². The highest BCUT2D eigenvalue weighted by Crippen LogP contribution is 2.29. The van der Waals surface area contributed by atoms with Crippen molar-refractivity contribution < 1.29 is 9.47 Å². The molecule has 1 atom stereocenters. The minimum atomic E-state index is 0.257. The summed E-state index contributed by atoms with van der Waals surface area (Å²) in [7, 11) is 3.36. The highest BCUT2D eigenvalue weighted by Gasteiger charge is 2.24. The molecule has 0 N–H and O–H groups in total. The topological polar surface area (TPSA) is 45.5 Å². The Morgan fingerprint density at radius 3 is 2.82 bits per heavy atom. The van der Waals surface area contributed by atoms with Crippen molar-refractivity contribution in [2.75, 3.05) is 32.2 Å². The van der Waals surface area contributed by atoms with Gasteiger partial charge in [-0.1, -0.05) is 0 Å². The molecule has 1 aliphatic rings. The van der Waals surface area contributed by atoms with Gasteiger partial charge in [-0.15, -0.1) is 0 Å². The quantitative estimate of drug-likeness (QED) is 0.797. The zero-order valence-electron chi connectivity index (χ0n) is 10.1. The molecule has 1 saturated heterocycles. The molecule has 1 aliphatic heterocycles. The number of hydrogen-bond acceptors (Lipinski definition) is 4. The Labute approximate surface area is 101 Å². The van der Waals surface area contributed by atoms with Crippen LogP contribution in [-0.2, 0) is 4.74 Å². The molecule has 0 aliphatic carbocycles. The van der Waals surface area contributed by atoms with E-state index in [-0.39, 0.29) is 6.10 Å². The third-order valence-corrected chi connectivity index (χ3v) is 3.14. The van der Waals surface area contributed by atoms with Gasteiger partial charge in [0.1, 0.15) is 11.8 Å². The van der Waals surface area contributed by atoms with Gasteiger partial charge in [0.05, 0.1) is 24.5 Å². The fraction of sp³-hybridized carbons (Fsp3) is 0.462. The first-order valence-corrected chi connectivity index (χ1v) is 5.64. The maximum Gasteiger partial charge on any atom is 0.121 e. The summed E-state index contributed by atoms with van der Waals surface area (Å²) in [4.78, 5) is 2.18. The van der Waals surface area contributed by atoms with E-state index >= 15 is 0 Å². The van der Waals surface area contributed by atoms with E-state index in [2.05, 4.69) is 11.0 Å². The average Bonchev–Trinajstić information content (AvgIpc) is 2.86. The van der Waals surface area contributed by atoms with Crippen molar-refractivity contribution in [2.45, 2.75) is 12.5 Å². The van der Waals surface area contributed by atoms with Crippen LogP contribution in [0.4, 0.5) is 5.69 Å². The third kappa shape index (κ3) is 2.34. The second kappa shape index (κ2) is 5.07. The van der Waals surface area contributed by atoms with Gasteiger partial charge in [0.2, 0.25) is 0 Å². The van der Waals surface area contributed by atoms with Crippen LogP contribution >= 0.6 is 0 Å². The van der Waals surface area contributed by atoms with E-state index in [1.54, 1.807) is 20.3 Å². The second-order valence-corrected chi connectivity index (χ2v) is 4.09. The Morgan fingerprint density at radius 2 is 2.24 bits per heavy atom. The summed E-state index contributed by atoms with van der Waals surface area (Å²) in [6, 6.07) is 7.74. The lowest BCUT2D eigenvalue weighted by molar-refractivity contribution is 0.121. The molecular formula is C13H16N2O2. The zero-order valence-corrected chi connectivity index (χ0v) is 10.1. The molecule has 1 heterocycles. The maximum absolute atomic E-state index is 9.12. The van der Waals surface area contributed by atoms with Crippen molar-refractivity contribution >= 4 is 5.69 Å². The minimum absolute atomic E-state index is 0.257. The molecule has 1 unspecified atom stereocenters. The molecular weight excluding hydrogens is 216 g/mol. The molecule has 1 aromatic carbocycles. The first-order chi connectivity index (χ1) is 8.28.